The quantitative estimate of drug-likeness (QED) is 0.862. The van der Waals surface area contributed by atoms with Crippen molar-refractivity contribution in [2.45, 2.75) is 46.6 Å². The molecular weight excluding hydrogens is 254 g/mol. The van der Waals surface area contributed by atoms with Crippen LogP contribution in [0.25, 0.3) is 0 Å². The van der Waals surface area contributed by atoms with Gasteiger partial charge in [0.05, 0.1) is 5.54 Å². The van der Waals surface area contributed by atoms with E-state index in [9.17, 15) is 0 Å². The fraction of sp³-hybridized carbons (Fsp3) is 0.400. The Hall–Kier alpha value is -1.60. The van der Waals surface area contributed by atoms with Crippen molar-refractivity contribution in [1.29, 1.82) is 0 Å². The fourth-order valence-electron chi connectivity index (χ4n) is 2.72. The van der Waals surface area contributed by atoms with Gasteiger partial charge in [-0.2, -0.15) is 0 Å². The molecule has 0 heterocycles. The maximum Gasteiger partial charge on any atom is 0.0637 e. The molecule has 0 saturated carbocycles. The van der Waals surface area contributed by atoms with Crippen molar-refractivity contribution in [2.75, 3.05) is 0 Å². The molecule has 0 aliphatic heterocycles. The van der Waals surface area contributed by atoms with Gasteiger partial charge in [0.2, 0.25) is 0 Å². The van der Waals surface area contributed by atoms with Crippen molar-refractivity contribution in [1.82, 2.24) is 0 Å². The van der Waals surface area contributed by atoms with E-state index in [0.29, 0.717) is 5.92 Å². The van der Waals surface area contributed by atoms with Crippen LogP contribution in [0.2, 0.25) is 0 Å². The van der Waals surface area contributed by atoms with E-state index in [1.54, 1.807) is 0 Å². The molecule has 0 aliphatic carbocycles. The smallest absolute Gasteiger partial charge is 0.0637 e. The lowest BCUT2D eigenvalue weighted by Crippen LogP contribution is -2.34. The van der Waals surface area contributed by atoms with E-state index in [1.165, 1.54) is 27.8 Å². The molecule has 2 rings (SSSR count). The molecule has 0 spiro atoms. The third-order valence-corrected chi connectivity index (χ3v) is 4.28. The predicted octanol–water partition coefficient (Wildman–Crippen LogP) is 4.72. The zero-order valence-electron chi connectivity index (χ0n) is 13.9. The van der Waals surface area contributed by atoms with E-state index < -0.39 is 5.54 Å². The van der Waals surface area contributed by atoms with E-state index in [4.69, 9.17) is 5.73 Å². The Morgan fingerprint density at radius 2 is 1.62 bits per heavy atom. The second kappa shape index (κ2) is 6.03. The minimum absolute atomic E-state index is 0.453. The average molecular weight is 281 g/mol. The molecule has 0 fully saturated rings. The molecule has 1 unspecified atom stereocenters. The molecule has 2 N–H and O–H groups in total. The largest absolute Gasteiger partial charge is 0.318 e. The normalized spacial score (nSPS) is 14.2. The lowest BCUT2D eigenvalue weighted by molar-refractivity contribution is 0.597. The Kier molecular flexibility index (Phi) is 4.53. The Bertz CT molecular complexity index is 623. The molecule has 0 aliphatic rings. The summed E-state index contributed by atoms with van der Waals surface area (Å²) in [6, 6.07) is 15.2. The maximum atomic E-state index is 6.68. The first kappa shape index (κ1) is 15.8. The summed E-state index contributed by atoms with van der Waals surface area (Å²) < 4.78 is 0. The zero-order chi connectivity index (χ0) is 15.6. The summed E-state index contributed by atoms with van der Waals surface area (Å²) >= 11 is 0. The molecule has 1 atom stereocenters. The van der Waals surface area contributed by atoms with Crippen molar-refractivity contribution < 1.29 is 0 Å². The molecule has 1 nitrogen and oxygen atoms in total. The summed E-state index contributed by atoms with van der Waals surface area (Å²) in [6.07, 6.45) is 1.09. The summed E-state index contributed by atoms with van der Waals surface area (Å²) in [6.45, 7) is 10.9. The third-order valence-electron chi connectivity index (χ3n) is 4.28. The summed E-state index contributed by atoms with van der Waals surface area (Å²) in [5.41, 5.74) is 12.5. The van der Waals surface area contributed by atoms with Crippen molar-refractivity contribution in [3.63, 3.8) is 0 Å². The maximum absolute atomic E-state index is 6.68. The molecular formula is C20H27N. The van der Waals surface area contributed by atoms with Gasteiger partial charge >= 0.3 is 0 Å². The summed E-state index contributed by atoms with van der Waals surface area (Å²) in [7, 11) is 0. The van der Waals surface area contributed by atoms with Crippen LogP contribution in [0.4, 0.5) is 0 Å². The van der Waals surface area contributed by atoms with E-state index >= 15 is 0 Å². The Balaban J connectivity index is 2.40. The minimum Gasteiger partial charge on any atom is -0.318 e. The predicted molar refractivity (Wildman–Crippen MR) is 91.5 cm³/mol. The number of rotatable bonds is 4. The van der Waals surface area contributed by atoms with Crippen LogP contribution in [0.3, 0.4) is 0 Å². The Morgan fingerprint density at radius 3 is 2.24 bits per heavy atom. The van der Waals surface area contributed by atoms with E-state index in [0.717, 1.165) is 6.42 Å². The molecule has 1 heteroatoms. The lowest BCUT2D eigenvalue weighted by atomic mass is 9.83. The van der Waals surface area contributed by atoms with Gasteiger partial charge in [0.1, 0.15) is 0 Å². The van der Waals surface area contributed by atoms with Crippen molar-refractivity contribution in [3.8, 4) is 0 Å². The van der Waals surface area contributed by atoms with Crippen molar-refractivity contribution in [3.05, 3.63) is 70.3 Å². The molecule has 0 bridgehead atoms. The van der Waals surface area contributed by atoms with Gasteiger partial charge in [-0.1, -0.05) is 56.3 Å². The molecule has 0 saturated heterocycles. The first-order chi connectivity index (χ1) is 9.80. The van der Waals surface area contributed by atoms with Crippen LogP contribution < -0.4 is 5.73 Å². The first-order valence-electron chi connectivity index (χ1n) is 7.76. The monoisotopic (exact) mass is 281 g/mol. The molecule has 2 aromatic carbocycles. The summed E-state index contributed by atoms with van der Waals surface area (Å²) in [5, 5.41) is 0. The number of aryl methyl sites for hydroxylation is 2. The highest BCUT2D eigenvalue weighted by atomic mass is 14.7. The Labute approximate surface area is 129 Å². The molecule has 0 aromatic heterocycles. The number of hydrogen-bond acceptors (Lipinski definition) is 1. The SMILES string of the molecule is Cc1ccc(C(C)(N)c2cccc(CC(C)C)c2)cc1C. The van der Waals surface area contributed by atoms with Crippen molar-refractivity contribution in [2.24, 2.45) is 11.7 Å². The molecule has 0 radical (unpaired) electrons. The van der Waals surface area contributed by atoms with E-state index in [1.807, 2.05) is 0 Å². The Morgan fingerprint density at radius 1 is 0.952 bits per heavy atom. The van der Waals surface area contributed by atoms with Crippen LogP contribution >= 0.6 is 0 Å². The van der Waals surface area contributed by atoms with Crippen LogP contribution in [0.1, 0.15) is 48.6 Å². The van der Waals surface area contributed by atoms with Gasteiger partial charge in [-0.15, -0.1) is 0 Å². The van der Waals surface area contributed by atoms with Gasteiger partial charge in [0.25, 0.3) is 0 Å². The van der Waals surface area contributed by atoms with E-state index in [-0.39, 0.29) is 0 Å². The van der Waals surface area contributed by atoms with Crippen LogP contribution in [0, 0.1) is 19.8 Å². The second-order valence-corrected chi connectivity index (χ2v) is 6.80. The van der Waals surface area contributed by atoms with E-state index in [2.05, 4.69) is 77.1 Å². The highest BCUT2D eigenvalue weighted by Crippen LogP contribution is 2.29. The van der Waals surface area contributed by atoms with Gasteiger partial charge in [-0.05, 0) is 60.9 Å². The van der Waals surface area contributed by atoms with Crippen LogP contribution in [-0.2, 0) is 12.0 Å². The highest BCUT2D eigenvalue weighted by molar-refractivity contribution is 5.42. The van der Waals surface area contributed by atoms with Crippen LogP contribution in [0.5, 0.6) is 0 Å². The van der Waals surface area contributed by atoms with Gasteiger partial charge < -0.3 is 5.73 Å². The third kappa shape index (κ3) is 3.54. The topological polar surface area (TPSA) is 26.0 Å². The highest BCUT2D eigenvalue weighted by Gasteiger charge is 2.24. The summed E-state index contributed by atoms with van der Waals surface area (Å²) in [5.74, 6) is 0.658. The summed E-state index contributed by atoms with van der Waals surface area (Å²) in [4.78, 5) is 0. The standard InChI is InChI=1S/C20H27N/c1-14(2)11-17-7-6-8-18(13-17)20(5,21)19-10-9-15(3)16(4)12-19/h6-10,12-14H,11,21H2,1-5H3. The van der Waals surface area contributed by atoms with Crippen LogP contribution in [0.15, 0.2) is 42.5 Å². The van der Waals surface area contributed by atoms with Gasteiger partial charge in [0, 0.05) is 0 Å². The number of benzene rings is 2. The van der Waals surface area contributed by atoms with Gasteiger partial charge in [0.15, 0.2) is 0 Å². The van der Waals surface area contributed by atoms with Crippen LogP contribution in [-0.4, -0.2) is 0 Å². The number of nitrogens with two attached hydrogens (primary N) is 1. The fourth-order valence-corrected chi connectivity index (χ4v) is 2.72. The molecule has 2 aromatic rings. The first-order valence-corrected chi connectivity index (χ1v) is 7.76. The zero-order valence-corrected chi connectivity index (χ0v) is 13.9. The van der Waals surface area contributed by atoms with Gasteiger partial charge in [-0.3, -0.25) is 0 Å². The second-order valence-electron chi connectivity index (χ2n) is 6.80. The number of hydrogen-bond donors (Lipinski definition) is 1. The lowest BCUT2D eigenvalue weighted by Gasteiger charge is -2.27. The minimum atomic E-state index is -0.453. The average Bonchev–Trinajstić information content (AvgIpc) is 2.41. The van der Waals surface area contributed by atoms with Gasteiger partial charge in [-0.25, -0.2) is 0 Å². The molecule has 0 amide bonds. The van der Waals surface area contributed by atoms with Crippen molar-refractivity contribution >= 4 is 0 Å². The molecule has 21 heavy (non-hydrogen) atoms. The molecule has 112 valence electrons.